The Kier molecular flexibility index (Phi) is 7.38. The van der Waals surface area contributed by atoms with Crippen LogP contribution in [0.5, 0.6) is 0 Å². The standard InChI is InChI=1S/C19H24FN3O2S/c1-4-5-10-23(12-15-8-6-7-9-16(15)20)18(25)14(3)26-19-21-13(2)11-17(24)22-19/h6-9,11,14H,4-5,10,12H2,1-3H3,(H,21,22,24)/t14-/m1/s1. The molecule has 140 valence electrons. The van der Waals surface area contributed by atoms with Crippen molar-refractivity contribution in [1.82, 2.24) is 14.9 Å². The summed E-state index contributed by atoms with van der Waals surface area (Å²) in [6.07, 6.45) is 1.78. The van der Waals surface area contributed by atoms with Gasteiger partial charge in [0, 0.05) is 30.4 Å². The van der Waals surface area contributed by atoms with Crippen molar-refractivity contribution in [1.29, 1.82) is 0 Å². The summed E-state index contributed by atoms with van der Waals surface area (Å²) < 4.78 is 14.0. The van der Waals surface area contributed by atoms with Gasteiger partial charge in [0.05, 0.1) is 5.25 Å². The first-order chi connectivity index (χ1) is 12.4. The second-order valence-electron chi connectivity index (χ2n) is 6.16. The van der Waals surface area contributed by atoms with Crippen LogP contribution in [0, 0.1) is 12.7 Å². The number of H-pyrrole nitrogens is 1. The third-order valence-electron chi connectivity index (χ3n) is 3.90. The number of hydrogen-bond acceptors (Lipinski definition) is 4. The molecule has 0 aliphatic carbocycles. The Labute approximate surface area is 157 Å². The van der Waals surface area contributed by atoms with Gasteiger partial charge in [-0.05, 0) is 26.3 Å². The zero-order valence-corrected chi connectivity index (χ0v) is 16.1. The molecule has 26 heavy (non-hydrogen) atoms. The van der Waals surface area contributed by atoms with Crippen molar-refractivity contribution in [3.63, 3.8) is 0 Å². The molecule has 0 fully saturated rings. The second kappa shape index (κ2) is 9.52. The Morgan fingerprint density at radius 1 is 1.38 bits per heavy atom. The lowest BCUT2D eigenvalue weighted by Crippen LogP contribution is -2.37. The number of hydrogen-bond donors (Lipinski definition) is 1. The molecule has 5 nitrogen and oxygen atoms in total. The van der Waals surface area contributed by atoms with E-state index in [4.69, 9.17) is 0 Å². The largest absolute Gasteiger partial charge is 0.337 e. The third-order valence-corrected chi connectivity index (χ3v) is 4.87. The number of nitrogens with one attached hydrogen (secondary N) is 1. The van der Waals surface area contributed by atoms with Crippen LogP contribution in [-0.4, -0.2) is 32.6 Å². The van der Waals surface area contributed by atoms with Crippen molar-refractivity contribution >= 4 is 17.7 Å². The Morgan fingerprint density at radius 2 is 2.12 bits per heavy atom. The van der Waals surface area contributed by atoms with E-state index >= 15 is 0 Å². The minimum absolute atomic E-state index is 0.101. The number of rotatable bonds is 8. The van der Waals surface area contributed by atoms with E-state index in [1.165, 1.54) is 23.9 Å². The van der Waals surface area contributed by atoms with Crippen LogP contribution in [0.1, 0.15) is 37.9 Å². The summed E-state index contributed by atoms with van der Waals surface area (Å²) in [6.45, 7) is 6.35. The first-order valence-corrected chi connectivity index (χ1v) is 9.55. The molecule has 1 atom stereocenters. The predicted octanol–water partition coefficient (Wildman–Crippen LogP) is 3.53. The summed E-state index contributed by atoms with van der Waals surface area (Å²) in [5.74, 6) is -0.414. The van der Waals surface area contributed by atoms with Crippen molar-refractivity contribution in [2.45, 2.75) is 50.6 Å². The zero-order chi connectivity index (χ0) is 19.1. The maximum absolute atomic E-state index is 14.0. The number of halogens is 1. The van der Waals surface area contributed by atoms with Gasteiger partial charge in [0.25, 0.3) is 5.56 Å². The molecule has 0 saturated carbocycles. The molecule has 0 spiro atoms. The smallest absolute Gasteiger partial charge is 0.251 e. The van der Waals surface area contributed by atoms with Gasteiger partial charge in [-0.25, -0.2) is 9.37 Å². The Bertz CT molecular complexity index is 809. The summed E-state index contributed by atoms with van der Waals surface area (Å²) >= 11 is 1.20. The molecule has 0 unspecified atom stereocenters. The summed E-state index contributed by atoms with van der Waals surface area (Å²) in [7, 11) is 0. The molecule has 1 aromatic carbocycles. The maximum atomic E-state index is 14.0. The van der Waals surface area contributed by atoms with E-state index in [-0.39, 0.29) is 23.8 Å². The minimum atomic E-state index is -0.441. The number of benzene rings is 1. The topological polar surface area (TPSA) is 66.1 Å². The number of nitrogens with zero attached hydrogens (tertiary/aromatic N) is 2. The first-order valence-electron chi connectivity index (χ1n) is 8.67. The van der Waals surface area contributed by atoms with Crippen LogP contribution < -0.4 is 5.56 Å². The van der Waals surface area contributed by atoms with Gasteiger partial charge in [-0.15, -0.1) is 0 Å². The quantitative estimate of drug-likeness (QED) is 0.565. The molecule has 2 aromatic rings. The highest BCUT2D eigenvalue weighted by Crippen LogP contribution is 2.22. The highest BCUT2D eigenvalue weighted by atomic mass is 32.2. The molecule has 0 aliphatic rings. The van der Waals surface area contributed by atoms with E-state index in [2.05, 4.69) is 9.97 Å². The van der Waals surface area contributed by atoms with E-state index in [1.54, 1.807) is 36.9 Å². The van der Waals surface area contributed by atoms with E-state index in [9.17, 15) is 14.0 Å². The van der Waals surface area contributed by atoms with E-state index < -0.39 is 5.25 Å². The van der Waals surface area contributed by atoms with Gasteiger partial charge in [-0.1, -0.05) is 43.3 Å². The second-order valence-corrected chi connectivity index (χ2v) is 7.49. The van der Waals surface area contributed by atoms with Crippen LogP contribution in [0.25, 0.3) is 0 Å². The molecule has 1 N–H and O–H groups in total. The lowest BCUT2D eigenvalue weighted by molar-refractivity contribution is -0.131. The van der Waals surface area contributed by atoms with Crippen LogP contribution in [0.2, 0.25) is 0 Å². The van der Waals surface area contributed by atoms with Crippen molar-refractivity contribution in [2.75, 3.05) is 6.54 Å². The average Bonchev–Trinajstić information content (AvgIpc) is 2.58. The number of aromatic nitrogens is 2. The minimum Gasteiger partial charge on any atom is -0.337 e. The van der Waals surface area contributed by atoms with Gasteiger partial charge in [0.2, 0.25) is 5.91 Å². The molecule has 1 heterocycles. The number of carbonyl (C=O) groups is 1. The van der Waals surface area contributed by atoms with Gasteiger partial charge in [-0.3, -0.25) is 9.59 Å². The molecule has 0 radical (unpaired) electrons. The summed E-state index contributed by atoms with van der Waals surface area (Å²) in [5.41, 5.74) is 0.857. The summed E-state index contributed by atoms with van der Waals surface area (Å²) in [4.78, 5) is 33.0. The number of amides is 1. The predicted molar refractivity (Wildman–Crippen MR) is 102 cm³/mol. The Morgan fingerprint density at radius 3 is 2.77 bits per heavy atom. The fraction of sp³-hybridized carbons (Fsp3) is 0.421. The molecule has 2 rings (SSSR count). The van der Waals surface area contributed by atoms with Crippen LogP contribution in [0.4, 0.5) is 4.39 Å². The highest BCUT2D eigenvalue weighted by molar-refractivity contribution is 8.00. The van der Waals surface area contributed by atoms with Gasteiger partial charge in [0.15, 0.2) is 5.16 Å². The van der Waals surface area contributed by atoms with E-state index in [1.807, 2.05) is 6.92 Å². The highest BCUT2D eigenvalue weighted by Gasteiger charge is 2.23. The van der Waals surface area contributed by atoms with Crippen LogP contribution in [-0.2, 0) is 11.3 Å². The Balaban J connectivity index is 2.13. The number of unbranched alkanes of at least 4 members (excludes halogenated alkanes) is 1. The molecule has 0 saturated heterocycles. The van der Waals surface area contributed by atoms with Crippen molar-refractivity contribution in [3.05, 3.63) is 57.8 Å². The van der Waals surface area contributed by atoms with Crippen molar-refractivity contribution in [2.24, 2.45) is 0 Å². The van der Waals surface area contributed by atoms with Crippen molar-refractivity contribution in [3.8, 4) is 0 Å². The lowest BCUT2D eigenvalue weighted by Gasteiger charge is -2.25. The Hall–Kier alpha value is -2.15. The molecular formula is C19H24FN3O2S. The van der Waals surface area contributed by atoms with Gasteiger partial charge < -0.3 is 9.88 Å². The van der Waals surface area contributed by atoms with E-state index in [0.29, 0.717) is 23.0 Å². The zero-order valence-electron chi connectivity index (χ0n) is 15.3. The van der Waals surface area contributed by atoms with Crippen LogP contribution in [0.3, 0.4) is 0 Å². The molecule has 1 aromatic heterocycles. The lowest BCUT2D eigenvalue weighted by atomic mass is 10.2. The third kappa shape index (κ3) is 5.69. The molecule has 0 bridgehead atoms. The molecule has 0 aliphatic heterocycles. The first kappa shape index (κ1) is 20.2. The normalized spacial score (nSPS) is 12.0. The molecule has 7 heteroatoms. The number of aryl methyl sites for hydroxylation is 1. The SMILES string of the molecule is CCCCN(Cc1ccccc1F)C(=O)[C@@H](C)Sc1nc(C)cc(=O)[nH]1. The number of carbonyl (C=O) groups excluding carboxylic acids is 1. The molecular weight excluding hydrogens is 353 g/mol. The summed E-state index contributed by atoms with van der Waals surface area (Å²) in [6, 6.07) is 7.90. The van der Waals surface area contributed by atoms with Crippen LogP contribution >= 0.6 is 11.8 Å². The van der Waals surface area contributed by atoms with Crippen LogP contribution in [0.15, 0.2) is 40.3 Å². The summed E-state index contributed by atoms with van der Waals surface area (Å²) in [5, 5.41) is -0.0271. The fourth-order valence-electron chi connectivity index (χ4n) is 2.53. The fourth-order valence-corrected chi connectivity index (χ4v) is 3.47. The van der Waals surface area contributed by atoms with Crippen molar-refractivity contribution < 1.29 is 9.18 Å². The number of thioether (sulfide) groups is 1. The molecule has 1 amide bonds. The number of aromatic amines is 1. The van der Waals surface area contributed by atoms with E-state index in [0.717, 1.165) is 12.8 Å². The monoisotopic (exact) mass is 377 g/mol. The maximum Gasteiger partial charge on any atom is 0.251 e. The van der Waals surface area contributed by atoms with Gasteiger partial charge in [0.1, 0.15) is 5.82 Å². The van der Waals surface area contributed by atoms with Gasteiger partial charge >= 0.3 is 0 Å². The van der Waals surface area contributed by atoms with Gasteiger partial charge in [-0.2, -0.15) is 0 Å². The average molecular weight is 377 g/mol.